The average molecular weight is 276 g/mol. The van der Waals surface area contributed by atoms with Gasteiger partial charge in [0.1, 0.15) is 5.75 Å². The molecule has 4 nitrogen and oxygen atoms in total. The Morgan fingerprint density at radius 1 is 1.45 bits per heavy atom. The zero-order valence-electron chi connectivity index (χ0n) is 12.3. The van der Waals surface area contributed by atoms with Crippen LogP contribution in [-0.2, 0) is 11.2 Å². The van der Waals surface area contributed by atoms with Crippen molar-refractivity contribution in [2.45, 2.75) is 45.2 Å². The summed E-state index contributed by atoms with van der Waals surface area (Å²) in [6.45, 7) is 5.28. The molecule has 110 valence electrons. The van der Waals surface area contributed by atoms with Crippen LogP contribution in [0.15, 0.2) is 24.3 Å². The van der Waals surface area contributed by atoms with Gasteiger partial charge < -0.3 is 15.4 Å². The molecule has 20 heavy (non-hydrogen) atoms. The maximum Gasteiger partial charge on any atom is 0.258 e. The molecule has 2 unspecified atom stereocenters. The Morgan fingerprint density at radius 2 is 2.25 bits per heavy atom. The number of benzene rings is 1. The van der Waals surface area contributed by atoms with Crippen LogP contribution in [0.25, 0.3) is 0 Å². The van der Waals surface area contributed by atoms with E-state index in [1.165, 1.54) is 0 Å². The van der Waals surface area contributed by atoms with Crippen molar-refractivity contribution in [3.05, 3.63) is 29.8 Å². The minimum absolute atomic E-state index is 0.0324. The van der Waals surface area contributed by atoms with E-state index in [0.29, 0.717) is 6.04 Å². The van der Waals surface area contributed by atoms with Gasteiger partial charge in [0.15, 0.2) is 6.61 Å². The molecule has 2 N–H and O–H groups in total. The standard InChI is InChI=1S/C16H24N2O2/c1-3-13-6-4-5-7-15(13)20-11-16(19)18-14-8-9-17-12(2)10-14/h4-7,12,14,17H,3,8-11H2,1-2H3,(H,18,19). The van der Waals surface area contributed by atoms with Gasteiger partial charge in [0.05, 0.1) is 0 Å². The maximum atomic E-state index is 11.9. The summed E-state index contributed by atoms with van der Waals surface area (Å²) in [6, 6.07) is 8.60. The molecule has 1 aromatic rings. The molecule has 0 radical (unpaired) electrons. The third-order valence-corrected chi connectivity index (χ3v) is 3.70. The minimum atomic E-state index is -0.0324. The fourth-order valence-electron chi connectivity index (χ4n) is 2.61. The highest BCUT2D eigenvalue weighted by molar-refractivity contribution is 5.77. The molecule has 0 aliphatic carbocycles. The molecule has 0 aromatic heterocycles. The molecule has 1 aliphatic heterocycles. The summed E-state index contributed by atoms with van der Waals surface area (Å²) in [7, 11) is 0. The quantitative estimate of drug-likeness (QED) is 0.863. The molecule has 0 spiro atoms. The molecule has 4 heteroatoms. The summed E-state index contributed by atoms with van der Waals surface area (Å²) >= 11 is 0. The average Bonchev–Trinajstić information content (AvgIpc) is 2.45. The van der Waals surface area contributed by atoms with Crippen LogP contribution in [0, 0.1) is 0 Å². The van der Waals surface area contributed by atoms with Crippen molar-refractivity contribution >= 4 is 5.91 Å². The number of carbonyl (C=O) groups is 1. The van der Waals surface area contributed by atoms with Gasteiger partial charge in [-0.1, -0.05) is 25.1 Å². The largest absolute Gasteiger partial charge is 0.483 e. The smallest absolute Gasteiger partial charge is 0.258 e. The van der Waals surface area contributed by atoms with Crippen LogP contribution < -0.4 is 15.4 Å². The Hall–Kier alpha value is -1.55. The molecule has 1 heterocycles. The van der Waals surface area contributed by atoms with Gasteiger partial charge in [0.2, 0.25) is 0 Å². The predicted molar refractivity (Wildman–Crippen MR) is 79.9 cm³/mol. The Bertz CT molecular complexity index is 448. The number of rotatable bonds is 5. The van der Waals surface area contributed by atoms with Crippen molar-refractivity contribution in [1.29, 1.82) is 0 Å². The van der Waals surface area contributed by atoms with Gasteiger partial charge in [-0.15, -0.1) is 0 Å². The zero-order valence-corrected chi connectivity index (χ0v) is 12.3. The lowest BCUT2D eigenvalue weighted by Crippen LogP contribution is -2.47. The summed E-state index contributed by atoms with van der Waals surface area (Å²) in [5.41, 5.74) is 1.13. The summed E-state index contributed by atoms with van der Waals surface area (Å²) in [4.78, 5) is 11.9. The normalized spacial score (nSPS) is 22.3. The van der Waals surface area contributed by atoms with Crippen molar-refractivity contribution in [2.24, 2.45) is 0 Å². The van der Waals surface area contributed by atoms with Crippen molar-refractivity contribution in [3.63, 3.8) is 0 Å². The van der Waals surface area contributed by atoms with Crippen LogP contribution in [-0.4, -0.2) is 31.1 Å². The zero-order chi connectivity index (χ0) is 14.4. The van der Waals surface area contributed by atoms with Gasteiger partial charge in [0.25, 0.3) is 5.91 Å². The van der Waals surface area contributed by atoms with Crippen LogP contribution in [0.3, 0.4) is 0 Å². The topological polar surface area (TPSA) is 50.4 Å². The van der Waals surface area contributed by atoms with Crippen LogP contribution in [0.5, 0.6) is 5.75 Å². The number of para-hydroxylation sites is 1. The first-order valence-electron chi connectivity index (χ1n) is 7.42. The second kappa shape index (κ2) is 7.29. The number of hydrogen-bond acceptors (Lipinski definition) is 3. The fraction of sp³-hybridized carbons (Fsp3) is 0.562. The first-order chi connectivity index (χ1) is 9.69. The number of nitrogens with one attached hydrogen (secondary N) is 2. The van der Waals surface area contributed by atoms with E-state index in [-0.39, 0.29) is 18.6 Å². The van der Waals surface area contributed by atoms with E-state index in [0.717, 1.165) is 37.1 Å². The molecule has 1 amide bonds. The molecule has 2 atom stereocenters. The summed E-state index contributed by atoms with van der Waals surface area (Å²) in [5.74, 6) is 0.777. The summed E-state index contributed by atoms with van der Waals surface area (Å²) < 4.78 is 5.63. The molecule has 0 saturated carbocycles. The molecule has 1 aliphatic rings. The molecule has 2 rings (SSSR count). The highest BCUT2D eigenvalue weighted by Gasteiger charge is 2.20. The van der Waals surface area contributed by atoms with Gasteiger partial charge in [0, 0.05) is 12.1 Å². The van der Waals surface area contributed by atoms with Gasteiger partial charge in [-0.3, -0.25) is 4.79 Å². The number of carbonyl (C=O) groups excluding carboxylic acids is 1. The number of ether oxygens (including phenoxy) is 1. The third kappa shape index (κ3) is 4.23. The van der Waals surface area contributed by atoms with Crippen LogP contribution in [0.4, 0.5) is 0 Å². The first kappa shape index (κ1) is 14.9. The molecular formula is C16H24N2O2. The molecule has 1 saturated heterocycles. The Balaban J connectivity index is 1.80. The molecule has 1 fully saturated rings. The van der Waals surface area contributed by atoms with Crippen molar-refractivity contribution in [1.82, 2.24) is 10.6 Å². The third-order valence-electron chi connectivity index (χ3n) is 3.70. The number of hydrogen-bond donors (Lipinski definition) is 2. The summed E-state index contributed by atoms with van der Waals surface area (Å²) in [6.07, 6.45) is 2.88. The van der Waals surface area contributed by atoms with Gasteiger partial charge in [-0.25, -0.2) is 0 Å². The van der Waals surface area contributed by atoms with Gasteiger partial charge in [-0.2, -0.15) is 0 Å². The Labute approximate surface area is 120 Å². The fourth-order valence-corrected chi connectivity index (χ4v) is 2.61. The van der Waals surface area contributed by atoms with Crippen LogP contribution in [0.1, 0.15) is 32.3 Å². The second-order valence-electron chi connectivity index (χ2n) is 5.39. The highest BCUT2D eigenvalue weighted by Crippen LogP contribution is 2.18. The molecule has 1 aromatic carbocycles. The lowest BCUT2D eigenvalue weighted by molar-refractivity contribution is -0.124. The number of amides is 1. The lowest BCUT2D eigenvalue weighted by Gasteiger charge is -2.28. The van der Waals surface area contributed by atoms with Crippen molar-refractivity contribution in [3.8, 4) is 5.75 Å². The monoisotopic (exact) mass is 276 g/mol. The highest BCUT2D eigenvalue weighted by atomic mass is 16.5. The Morgan fingerprint density at radius 3 is 3.00 bits per heavy atom. The first-order valence-corrected chi connectivity index (χ1v) is 7.42. The van der Waals surface area contributed by atoms with E-state index >= 15 is 0 Å². The van der Waals surface area contributed by atoms with E-state index in [9.17, 15) is 4.79 Å². The Kier molecular flexibility index (Phi) is 5.41. The SMILES string of the molecule is CCc1ccccc1OCC(=O)NC1CCNC(C)C1. The van der Waals surface area contributed by atoms with E-state index < -0.39 is 0 Å². The maximum absolute atomic E-state index is 11.9. The van der Waals surface area contributed by atoms with Gasteiger partial charge >= 0.3 is 0 Å². The summed E-state index contributed by atoms with van der Waals surface area (Å²) in [5, 5.41) is 6.43. The number of aryl methyl sites for hydroxylation is 1. The predicted octanol–water partition coefficient (Wildman–Crippen LogP) is 1.88. The van der Waals surface area contributed by atoms with E-state index in [1.54, 1.807) is 0 Å². The second-order valence-corrected chi connectivity index (χ2v) is 5.39. The lowest BCUT2D eigenvalue weighted by atomic mass is 10.0. The van der Waals surface area contributed by atoms with Crippen LogP contribution in [0.2, 0.25) is 0 Å². The van der Waals surface area contributed by atoms with E-state index in [4.69, 9.17) is 4.74 Å². The van der Waals surface area contributed by atoms with Crippen molar-refractivity contribution < 1.29 is 9.53 Å². The molecule has 0 bridgehead atoms. The van der Waals surface area contributed by atoms with Crippen LogP contribution >= 0.6 is 0 Å². The number of piperidine rings is 1. The van der Waals surface area contributed by atoms with Crippen molar-refractivity contribution in [2.75, 3.05) is 13.2 Å². The minimum Gasteiger partial charge on any atom is -0.483 e. The van der Waals surface area contributed by atoms with Gasteiger partial charge in [-0.05, 0) is 44.4 Å². The van der Waals surface area contributed by atoms with E-state index in [2.05, 4.69) is 24.5 Å². The molecular weight excluding hydrogens is 252 g/mol. The van der Waals surface area contributed by atoms with E-state index in [1.807, 2.05) is 24.3 Å².